The molecule has 0 aliphatic carbocycles. The Hall–Kier alpha value is -1.13. The van der Waals surface area contributed by atoms with E-state index in [4.69, 9.17) is 23.2 Å². The summed E-state index contributed by atoms with van der Waals surface area (Å²) in [6.45, 7) is 0. The van der Waals surface area contributed by atoms with Gasteiger partial charge in [-0.05, 0) is 11.6 Å². The molecule has 0 N–H and O–H groups in total. The van der Waals surface area contributed by atoms with Crippen LogP contribution in [0.1, 0.15) is 31.1 Å². The van der Waals surface area contributed by atoms with E-state index in [1.165, 1.54) is 18.2 Å². The van der Waals surface area contributed by atoms with E-state index in [1.807, 2.05) is 0 Å². The smallest absolute Gasteiger partial charge is 0.266 e. The van der Waals surface area contributed by atoms with Gasteiger partial charge in [0.15, 0.2) is 0 Å². The lowest BCUT2D eigenvalue weighted by Crippen LogP contribution is -2.19. The Morgan fingerprint density at radius 3 is 2.47 bits per heavy atom. The molecule has 2 amide bonds. The third-order valence-corrected chi connectivity index (χ3v) is 2.60. The van der Waals surface area contributed by atoms with Gasteiger partial charge in [0.05, 0.1) is 11.1 Å². The van der Waals surface area contributed by atoms with E-state index in [0.29, 0.717) is 0 Å². The fraction of sp³-hybridized carbons (Fsp3) is 0.111. The molecule has 0 saturated heterocycles. The van der Waals surface area contributed by atoms with Gasteiger partial charge in [-0.3, -0.25) is 9.59 Å². The molecule has 1 aliphatic heterocycles. The first-order chi connectivity index (χ1) is 7.04. The topological polar surface area (TPSA) is 37.4 Å². The molecule has 1 heterocycles. The second kappa shape index (κ2) is 3.47. The molecular weight excluding hydrogens is 244 g/mol. The molecule has 0 radical (unpaired) electrons. The summed E-state index contributed by atoms with van der Waals surface area (Å²) in [5.41, 5.74) is 0.181. The highest BCUT2D eigenvalue weighted by atomic mass is 35.5. The molecule has 15 heavy (non-hydrogen) atoms. The van der Waals surface area contributed by atoms with Crippen LogP contribution < -0.4 is 0 Å². The molecule has 1 aromatic carbocycles. The van der Waals surface area contributed by atoms with Crippen LogP contribution in [0.25, 0.3) is 0 Å². The van der Waals surface area contributed by atoms with Crippen LogP contribution in [-0.2, 0) is 0 Å². The van der Waals surface area contributed by atoms with E-state index in [0.717, 1.165) is 0 Å². The lowest BCUT2D eigenvalue weighted by molar-refractivity contribution is 0.0229. The Labute approximate surface area is 94.3 Å². The summed E-state index contributed by atoms with van der Waals surface area (Å²) in [5, 5.41) is -0.440. The molecule has 0 fully saturated rings. The number of hydrogen-bond acceptors (Lipinski definition) is 2. The van der Waals surface area contributed by atoms with Crippen molar-refractivity contribution in [1.82, 2.24) is 5.12 Å². The Kier molecular flexibility index (Phi) is 2.40. The minimum Gasteiger partial charge on any atom is -0.266 e. The van der Waals surface area contributed by atoms with Crippen molar-refractivity contribution < 1.29 is 14.1 Å². The molecule has 0 bridgehead atoms. The first-order valence-corrected chi connectivity index (χ1v) is 4.87. The van der Waals surface area contributed by atoms with Gasteiger partial charge in [0.1, 0.15) is 4.84 Å². The Balaban J connectivity index is 2.69. The van der Waals surface area contributed by atoms with Crippen molar-refractivity contribution in [3.8, 4) is 0 Å². The van der Waals surface area contributed by atoms with E-state index in [1.54, 1.807) is 0 Å². The van der Waals surface area contributed by atoms with Gasteiger partial charge in [-0.15, -0.1) is 28.3 Å². The van der Waals surface area contributed by atoms with Crippen molar-refractivity contribution in [2.24, 2.45) is 0 Å². The van der Waals surface area contributed by atoms with Crippen molar-refractivity contribution in [1.29, 1.82) is 0 Å². The van der Waals surface area contributed by atoms with Crippen molar-refractivity contribution >= 4 is 35.0 Å². The molecule has 2 rings (SSSR count). The zero-order chi connectivity index (χ0) is 11.2. The molecule has 0 spiro atoms. The minimum absolute atomic E-state index is 0.00806. The summed E-state index contributed by atoms with van der Waals surface area (Å²) in [5.74, 6) is -2.00. The number of amides is 2. The number of alkyl halides is 2. The molecule has 78 valence electrons. The number of rotatable bonds is 1. The van der Waals surface area contributed by atoms with Gasteiger partial charge in [0, 0.05) is 0 Å². The highest BCUT2D eigenvalue weighted by Crippen LogP contribution is 2.34. The largest absolute Gasteiger partial charge is 0.290 e. The number of benzene rings is 1. The lowest BCUT2D eigenvalue weighted by atomic mass is 10.0. The second-order valence-electron chi connectivity index (χ2n) is 2.96. The number of hydrogen-bond donors (Lipinski definition) is 0. The number of imide groups is 1. The molecule has 6 heteroatoms. The zero-order valence-electron chi connectivity index (χ0n) is 7.21. The molecule has 0 saturated carbocycles. The van der Waals surface area contributed by atoms with Gasteiger partial charge in [-0.1, -0.05) is 16.6 Å². The Morgan fingerprint density at radius 1 is 1.20 bits per heavy atom. The molecule has 0 aromatic heterocycles. The van der Waals surface area contributed by atoms with Gasteiger partial charge in [-0.2, -0.15) is 0 Å². The van der Waals surface area contributed by atoms with Gasteiger partial charge < -0.3 is 0 Å². The molecule has 0 unspecified atom stereocenters. The van der Waals surface area contributed by atoms with Gasteiger partial charge in [-0.25, -0.2) is 0 Å². The molecule has 0 atom stereocenters. The first kappa shape index (κ1) is 10.4. The Morgan fingerprint density at radius 2 is 1.87 bits per heavy atom. The number of halogens is 3. The maximum Gasteiger partial charge on any atom is 0.290 e. The van der Waals surface area contributed by atoms with E-state index < -0.39 is 21.8 Å². The summed E-state index contributed by atoms with van der Waals surface area (Å²) in [7, 11) is 0. The van der Waals surface area contributed by atoms with E-state index in [-0.39, 0.29) is 16.7 Å². The highest BCUT2D eigenvalue weighted by Gasteiger charge is 2.38. The zero-order valence-corrected chi connectivity index (χ0v) is 8.72. The van der Waals surface area contributed by atoms with Crippen LogP contribution in [0.2, 0.25) is 0 Å². The predicted molar refractivity (Wildman–Crippen MR) is 52.5 cm³/mol. The minimum atomic E-state index is -1.02. The fourth-order valence-corrected chi connectivity index (χ4v) is 1.83. The van der Waals surface area contributed by atoms with Crippen LogP contribution >= 0.6 is 23.2 Å². The van der Waals surface area contributed by atoms with E-state index >= 15 is 0 Å². The first-order valence-electron chi connectivity index (χ1n) is 3.99. The van der Waals surface area contributed by atoms with Crippen LogP contribution in [0.3, 0.4) is 0 Å². The quantitative estimate of drug-likeness (QED) is 0.435. The highest BCUT2D eigenvalue weighted by molar-refractivity contribution is 6.44. The monoisotopic (exact) mass is 247 g/mol. The standard InChI is InChI=1S/C9H4Cl2FNO2/c10-7(11)4-2-1-3-5-6(4)9(15)13(12)8(5)14/h1-3,7H. The molecule has 3 nitrogen and oxygen atoms in total. The lowest BCUT2D eigenvalue weighted by Gasteiger charge is -2.05. The maximum atomic E-state index is 13.0. The summed E-state index contributed by atoms with van der Waals surface area (Å²) in [6.07, 6.45) is 0. The van der Waals surface area contributed by atoms with Gasteiger partial charge in [0.2, 0.25) is 0 Å². The van der Waals surface area contributed by atoms with Crippen molar-refractivity contribution in [3.05, 3.63) is 34.9 Å². The number of carbonyl (C=O) groups is 2. The SMILES string of the molecule is O=C1c2cccc(C(Cl)Cl)c2C(=O)N1F. The van der Waals surface area contributed by atoms with Gasteiger partial charge in [0.25, 0.3) is 11.8 Å². The summed E-state index contributed by atoms with van der Waals surface area (Å²) in [4.78, 5) is 21.6. The van der Waals surface area contributed by atoms with Crippen molar-refractivity contribution in [2.45, 2.75) is 4.84 Å². The third kappa shape index (κ3) is 1.41. The summed E-state index contributed by atoms with van der Waals surface area (Å²) < 4.78 is 13.0. The average molecular weight is 248 g/mol. The van der Waals surface area contributed by atoms with E-state index in [9.17, 15) is 14.1 Å². The molecular formula is C9H4Cl2FNO2. The number of carbonyl (C=O) groups excluding carboxylic acids is 2. The average Bonchev–Trinajstić information content (AvgIpc) is 2.44. The molecule has 1 aromatic rings. The summed E-state index contributed by atoms with van der Waals surface area (Å²) in [6, 6.07) is 4.33. The van der Waals surface area contributed by atoms with E-state index in [2.05, 4.69) is 0 Å². The van der Waals surface area contributed by atoms with Crippen LogP contribution in [0, 0.1) is 0 Å². The number of nitrogens with zero attached hydrogens (tertiary/aromatic N) is 1. The normalized spacial score (nSPS) is 15.1. The predicted octanol–water partition coefficient (Wildman–Crippen LogP) is 2.64. The van der Waals surface area contributed by atoms with Crippen molar-refractivity contribution in [2.75, 3.05) is 0 Å². The van der Waals surface area contributed by atoms with Gasteiger partial charge >= 0.3 is 0 Å². The number of fused-ring (bicyclic) bond motifs is 1. The van der Waals surface area contributed by atoms with Crippen LogP contribution in [0.5, 0.6) is 0 Å². The van der Waals surface area contributed by atoms with Crippen LogP contribution in [0.4, 0.5) is 4.48 Å². The fourth-order valence-electron chi connectivity index (χ4n) is 1.47. The van der Waals surface area contributed by atoms with Crippen LogP contribution in [-0.4, -0.2) is 16.9 Å². The van der Waals surface area contributed by atoms with Crippen LogP contribution in [0.15, 0.2) is 18.2 Å². The van der Waals surface area contributed by atoms with Crippen molar-refractivity contribution in [3.63, 3.8) is 0 Å². The Bertz CT molecular complexity index is 461. The molecule has 1 aliphatic rings. The third-order valence-electron chi connectivity index (χ3n) is 2.13. The summed E-state index contributed by atoms with van der Waals surface area (Å²) >= 11 is 11.2. The second-order valence-corrected chi connectivity index (χ2v) is 4.06. The maximum absolute atomic E-state index is 13.0.